The fourth-order valence-corrected chi connectivity index (χ4v) is 5.09. The summed E-state index contributed by atoms with van der Waals surface area (Å²) < 4.78 is 67.1. The minimum Gasteiger partial charge on any atom is -0.370 e. The standard InChI is InChI=1S/C24H21F5N4O2/c25-19-4-2-14(9-20(19)26)22(35)32-7-5-23(6-8-32)13-33(12-18(23)21(31)34)16-3-1-15(11-30)17(10-16)24(27,28)29/h1-4,9-10,18H,5-8,12-13H2,(H2,31,34). The van der Waals surface area contributed by atoms with Gasteiger partial charge in [-0.05, 0) is 49.2 Å². The molecule has 2 heterocycles. The monoisotopic (exact) mass is 492 g/mol. The Morgan fingerprint density at radius 3 is 2.31 bits per heavy atom. The summed E-state index contributed by atoms with van der Waals surface area (Å²) in [6.45, 7) is 0.792. The Kier molecular flexibility index (Phi) is 6.17. The van der Waals surface area contributed by atoms with E-state index in [4.69, 9.17) is 11.0 Å². The van der Waals surface area contributed by atoms with Gasteiger partial charge >= 0.3 is 6.18 Å². The van der Waals surface area contributed by atoms with Gasteiger partial charge in [-0.15, -0.1) is 0 Å². The summed E-state index contributed by atoms with van der Waals surface area (Å²) in [5, 5.41) is 9.04. The first-order valence-electron chi connectivity index (χ1n) is 10.8. The van der Waals surface area contributed by atoms with Crippen LogP contribution in [0, 0.1) is 34.3 Å². The maximum Gasteiger partial charge on any atom is 0.417 e. The summed E-state index contributed by atoms with van der Waals surface area (Å²) in [5.41, 5.74) is 3.66. The smallest absolute Gasteiger partial charge is 0.370 e. The second-order valence-electron chi connectivity index (χ2n) is 8.96. The minimum atomic E-state index is -4.72. The number of halogens is 5. The molecule has 2 aromatic carbocycles. The van der Waals surface area contributed by atoms with Gasteiger partial charge in [-0.1, -0.05) is 0 Å². The Labute approximate surface area is 197 Å². The Morgan fingerprint density at radius 2 is 1.74 bits per heavy atom. The lowest BCUT2D eigenvalue weighted by Gasteiger charge is -2.41. The molecular formula is C24H21F5N4O2. The molecule has 2 aromatic rings. The zero-order valence-electron chi connectivity index (χ0n) is 18.4. The molecule has 0 aliphatic carbocycles. The number of benzene rings is 2. The summed E-state index contributed by atoms with van der Waals surface area (Å²) in [5.74, 6) is -3.92. The van der Waals surface area contributed by atoms with Crippen LogP contribution < -0.4 is 10.6 Å². The van der Waals surface area contributed by atoms with Crippen LogP contribution in [0.1, 0.15) is 34.3 Å². The van der Waals surface area contributed by atoms with E-state index in [1.54, 1.807) is 11.0 Å². The molecule has 2 aliphatic heterocycles. The summed E-state index contributed by atoms with van der Waals surface area (Å²) >= 11 is 0. The maximum absolute atomic E-state index is 13.6. The lowest BCUT2D eigenvalue weighted by Crippen LogP contribution is -2.49. The number of hydrogen-bond acceptors (Lipinski definition) is 4. The van der Waals surface area contributed by atoms with E-state index in [9.17, 15) is 31.5 Å². The maximum atomic E-state index is 13.6. The van der Waals surface area contributed by atoms with Crippen LogP contribution in [0.3, 0.4) is 0 Å². The molecule has 0 radical (unpaired) electrons. The molecule has 2 fully saturated rings. The van der Waals surface area contributed by atoms with Crippen molar-refractivity contribution < 1.29 is 31.5 Å². The summed E-state index contributed by atoms with van der Waals surface area (Å²) in [7, 11) is 0. The van der Waals surface area contributed by atoms with Crippen molar-refractivity contribution in [2.24, 2.45) is 17.1 Å². The molecule has 35 heavy (non-hydrogen) atoms. The number of primary amides is 1. The number of carbonyl (C=O) groups excluding carboxylic acids is 2. The highest BCUT2D eigenvalue weighted by atomic mass is 19.4. The molecule has 184 valence electrons. The molecule has 0 aromatic heterocycles. The van der Waals surface area contributed by atoms with Gasteiger partial charge in [0.25, 0.3) is 5.91 Å². The first-order chi connectivity index (χ1) is 16.4. The molecule has 1 unspecified atom stereocenters. The van der Waals surface area contributed by atoms with Crippen molar-refractivity contribution in [3.8, 4) is 6.07 Å². The molecular weight excluding hydrogens is 471 g/mol. The number of piperidine rings is 1. The van der Waals surface area contributed by atoms with Crippen LogP contribution in [0.25, 0.3) is 0 Å². The van der Waals surface area contributed by atoms with E-state index in [0.29, 0.717) is 12.8 Å². The summed E-state index contributed by atoms with van der Waals surface area (Å²) in [6, 6.07) is 7.85. The molecule has 0 bridgehead atoms. The fourth-order valence-electron chi connectivity index (χ4n) is 5.09. The second-order valence-corrected chi connectivity index (χ2v) is 8.96. The highest BCUT2D eigenvalue weighted by molar-refractivity contribution is 5.94. The van der Waals surface area contributed by atoms with Crippen LogP contribution in [0.4, 0.5) is 27.6 Å². The van der Waals surface area contributed by atoms with Crippen LogP contribution in [0.2, 0.25) is 0 Å². The fraction of sp³-hybridized carbons (Fsp3) is 0.375. The minimum absolute atomic E-state index is 0.00314. The van der Waals surface area contributed by atoms with Crippen molar-refractivity contribution >= 4 is 17.5 Å². The van der Waals surface area contributed by atoms with Gasteiger partial charge in [0, 0.05) is 42.8 Å². The van der Waals surface area contributed by atoms with Gasteiger partial charge < -0.3 is 15.5 Å². The molecule has 6 nitrogen and oxygen atoms in total. The average molecular weight is 492 g/mol. The van der Waals surface area contributed by atoms with Crippen molar-refractivity contribution in [3.63, 3.8) is 0 Å². The summed E-state index contributed by atoms with van der Waals surface area (Å²) in [4.78, 5) is 28.2. The van der Waals surface area contributed by atoms with E-state index in [1.807, 2.05) is 0 Å². The molecule has 11 heteroatoms. The predicted molar refractivity (Wildman–Crippen MR) is 115 cm³/mol. The zero-order chi connectivity index (χ0) is 25.5. The van der Waals surface area contributed by atoms with Gasteiger partial charge in [0.1, 0.15) is 0 Å². The van der Waals surface area contributed by atoms with E-state index >= 15 is 0 Å². The number of anilines is 1. The molecule has 2 aliphatic rings. The van der Waals surface area contributed by atoms with Gasteiger partial charge in [-0.25, -0.2) is 8.78 Å². The Hall–Kier alpha value is -3.68. The molecule has 2 amide bonds. The molecule has 4 rings (SSSR count). The van der Waals surface area contributed by atoms with E-state index in [2.05, 4.69) is 0 Å². The average Bonchev–Trinajstić information content (AvgIpc) is 3.19. The van der Waals surface area contributed by atoms with Gasteiger partial charge in [-0.2, -0.15) is 18.4 Å². The normalized spacial score (nSPS) is 19.6. The van der Waals surface area contributed by atoms with Crippen LogP contribution in [-0.2, 0) is 11.0 Å². The Balaban J connectivity index is 1.55. The lowest BCUT2D eigenvalue weighted by atomic mass is 9.70. The van der Waals surface area contributed by atoms with Crippen molar-refractivity contribution in [3.05, 3.63) is 64.7 Å². The number of nitriles is 1. The molecule has 1 spiro atoms. The Morgan fingerprint density at radius 1 is 1.06 bits per heavy atom. The first kappa shape index (κ1) is 24.4. The highest BCUT2D eigenvalue weighted by Crippen LogP contribution is 2.47. The Bertz CT molecular complexity index is 1220. The van der Waals surface area contributed by atoms with Crippen LogP contribution >= 0.6 is 0 Å². The molecule has 0 saturated carbocycles. The van der Waals surface area contributed by atoms with E-state index < -0.39 is 52.1 Å². The lowest BCUT2D eigenvalue weighted by molar-refractivity contribution is -0.137. The van der Waals surface area contributed by atoms with Crippen molar-refractivity contribution in [1.29, 1.82) is 5.26 Å². The quantitative estimate of drug-likeness (QED) is 0.662. The van der Waals surface area contributed by atoms with Crippen molar-refractivity contribution in [1.82, 2.24) is 4.90 Å². The SMILES string of the molecule is N#Cc1ccc(N2CC(C(N)=O)C3(CCN(C(=O)c4ccc(F)c(F)c4)CC3)C2)cc1C(F)(F)F. The van der Waals surface area contributed by atoms with E-state index in [-0.39, 0.29) is 37.4 Å². The number of hydrogen-bond donors (Lipinski definition) is 1. The zero-order valence-corrected chi connectivity index (χ0v) is 18.4. The topological polar surface area (TPSA) is 90.4 Å². The van der Waals surface area contributed by atoms with Crippen LogP contribution in [-0.4, -0.2) is 42.9 Å². The third kappa shape index (κ3) is 4.52. The second kappa shape index (κ2) is 8.83. The number of carbonyl (C=O) groups is 2. The van der Waals surface area contributed by atoms with Gasteiger partial charge in [0.15, 0.2) is 11.6 Å². The van der Waals surface area contributed by atoms with Crippen LogP contribution in [0.5, 0.6) is 0 Å². The van der Waals surface area contributed by atoms with E-state index in [1.165, 1.54) is 17.0 Å². The number of amides is 2. The number of nitrogens with two attached hydrogens (primary N) is 1. The number of likely N-dealkylation sites (tertiary alicyclic amines) is 1. The highest BCUT2D eigenvalue weighted by Gasteiger charge is 2.51. The third-order valence-corrected chi connectivity index (χ3v) is 7.00. The number of alkyl halides is 3. The largest absolute Gasteiger partial charge is 0.417 e. The molecule has 2 N–H and O–H groups in total. The van der Waals surface area contributed by atoms with E-state index in [0.717, 1.165) is 24.3 Å². The van der Waals surface area contributed by atoms with Gasteiger partial charge in [0.2, 0.25) is 5.91 Å². The van der Waals surface area contributed by atoms with Crippen molar-refractivity contribution in [2.45, 2.75) is 19.0 Å². The van der Waals surface area contributed by atoms with Crippen molar-refractivity contribution in [2.75, 3.05) is 31.1 Å². The number of rotatable bonds is 3. The predicted octanol–water partition coefficient (Wildman–Crippen LogP) is 3.70. The first-order valence-corrected chi connectivity index (χ1v) is 10.8. The number of nitrogens with zero attached hydrogens (tertiary/aromatic N) is 3. The van der Waals surface area contributed by atoms with Gasteiger partial charge in [0.05, 0.1) is 23.1 Å². The summed E-state index contributed by atoms with van der Waals surface area (Å²) in [6.07, 6.45) is -4.00. The van der Waals surface area contributed by atoms with Crippen LogP contribution in [0.15, 0.2) is 36.4 Å². The van der Waals surface area contributed by atoms with Gasteiger partial charge in [-0.3, -0.25) is 9.59 Å². The molecule has 2 saturated heterocycles. The third-order valence-electron chi connectivity index (χ3n) is 7.00. The molecule has 1 atom stereocenters.